The minimum atomic E-state index is -3.69. The molecule has 1 heterocycles. The molecule has 0 saturated heterocycles. The smallest absolute Gasteiger partial charge is 0.246 e. The predicted molar refractivity (Wildman–Crippen MR) is 73.0 cm³/mol. The van der Waals surface area contributed by atoms with Crippen LogP contribution in [0.3, 0.4) is 0 Å². The zero-order valence-corrected chi connectivity index (χ0v) is 12.2. The summed E-state index contributed by atoms with van der Waals surface area (Å²) in [5, 5.41) is 12.9. The minimum Gasteiger partial charge on any atom is -0.396 e. The van der Waals surface area contributed by atoms with Crippen LogP contribution in [0.4, 0.5) is 5.82 Å². The number of sulfonamides is 1. The Labute approximate surface area is 113 Å². The van der Waals surface area contributed by atoms with Gasteiger partial charge < -0.3 is 10.8 Å². The molecule has 1 aromatic rings. The largest absolute Gasteiger partial charge is 0.396 e. The molecule has 110 valence electrons. The van der Waals surface area contributed by atoms with Crippen molar-refractivity contribution in [3.63, 3.8) is 0 Å². The lowest BCUT2D eigenvalue weighted by Crippen LogP contribution is -2.35. The molecule has 0 aliphatic rings. The van der Waals surface area contributed by atoms with Gasteiger partial charge in [0.25, 0.3) is 0 Å². The fourth-order valence-corrected chi connectivity index (χ4v) is 3.18. The van der Waals surface area contributed by atoms with Gasteiger partial charge in [-0.25, -0.2) is 13.1 Å². The molecule has 0 fully saturated rings. The number of anilines is 1. The molecule has 7 nitrogen and oxygen atoms in total. The number of hydrogen-bond acceptors (Lipinski definition) is 5. The number of aliphatic hydroxyl groups excluding tert-OH is 1. The van der Waals surface area contributed by atoms with Crippen LogP contribution >= 0.6 is 0 Å². The number of nitrogens with one attached hydrogen (secondary N) is 1. The highest BCUT2D eigenvalue weighted by Gasteiger charge is 2.23. The number of hydrogen-bond donors (Lipinski definition) is 3. The Balaban J connectivity index is 2.93. The van der Waals surface area contributed by atoms with Crippen LogP contribution in [-0.4, -0.2) is 36.0 Å². The van der Waals surface area contributed by atoms with Crippen molar-refractivity contribution in [3.05, 3.63) is 6.20 Å². The van der Waals surface area contributed by atoms with Crippen molar-refractivity contribution >= 4 is 15.8 Å². The lowest BCUT2D eigenvalue weighted by molar-refractivity contribution is 0.270. The Bertz CT molecular complexity index is 498. The van der Waals surface area contributed by atoms with Crippen LogP contribution in [0.5, 0.6) is 0 Å². The molecule has 1 atom stereocenters. The first-order valence-corrected chi connectivity index (χ1v) is 7.89. The SMILES string of the molecule is CCCn1cc(S(=O)(=O)NC(CC)CCO)c(N)n1. The molecule has 19 heavy (non-hydrogen) atoms. The van der Waals surface area contributed by atoms with Gasteiger partial charge in [0, 0.05) is 25.4 Å². The van der Waals surface area contributed by atoms with E-state index in [0.29, 0.717) is 19.4 Å². The van der Waals surface area contributed by atoms with Crippen LogP contribution in [-0.2, 0) is 16.6 Å². The molecule has 1 unspecified atom stereocenters. The van der Waals surface area contributed by atoms with Gasteiger partial charge >= 0.3 is 0 Å². The summed E-state index contributed by atoms with van der Waals surface area (Å²) in [4.78, 5) is -0.00246. The number of aromatic nitrogens is 2. The van der Waals surface area contributed by atoms with Crippen LogP contribution in [0.2, 0.25) is 0 Å². The third kappa shape index (κ3) is 4.19. The van der Waals surface area contributed by atoms with Gasteiger partial charge in [-0.1, -0.05) is 13.8 Å². The lowest BCUT2D eigenvalue weighted by atomic mass is 10.2. The topological polar surface area (TPSA) is 110 Å². The third-order valence-corrected chi connectivity index (χ3v) is 4.33. The molecule has 0 amide bonds. The van der Waals surface area contributed by atoms with E-state index in [2.05, 4.69) is 9.82 Å². The van der Waals surface area contributed by atoms with Gasteiger partial charge in [0.2, 0.25) is 10.0 Å². The van der Waals surface area contributed by atoms with E-state index in [9.17, 15) is 8.42 Å². The van der Waals surface area contributed by atoms with Crippen LogP contribution in [0.1, 0.15) is 33.1 Å². The molecular weight excluding hydrogens is 268 g/mol. The molecular formula is C11H22N4O3S. The van der Waals surface area contributed by atoms with Gasteiger partial charge in [-0.15, -0.1) is 0 Å². The van der Waals surface area contributed by atoms with Gasteiger partial charge in [-0.05, 0) is 19.3 Å². The quantitative estimate of drug-likeness (QED) is 0.638. The van der Waals surface area contributed by atoms with Gasteiger partial charge in [-0.2, -0.15) is 5.10 Å². The first-order chi connectivity index (χ1) is 8.94. The molecule has 0 spiro atoms. The number of nitrogens with two attached hydrogens (primary N) is 1. The second kappa shape index (κ2) is 6.88. The Kier molecular flexibility index (Phi) is 5.77. The maximum atomic E-state index is 12.2. The molecule has 4 N–H and O–H groups in total. The fourth-order valence-electron chi connectivity index (χ4n) is 1.75. The monoisotopic (exact) mass is 290 g/mol. The van der Waals surface area contributed by atoms with Crippen LogP contribution in [0.25, 0.3) is 0 Å². The standard InChI is InChI=1S/C11H22N4O3S/c1-3-6-15-8-10(11(12)13-15)19(17,18)14-9(4-2)5-7-16/h8-9,14,16H,3-7H2,1-2H3,(H2,12,13). The first-order valence-electron chi connectivity index (χ1n) is 6.40. The van der Waals surface area contributed by atoms with Crippen molar-refractivity contribution in [2.24, 2.45) is 0 Å². The van der Waals surface area contributed by atoms with Crippen molar-refractivity contribution in [3.8, 4) is 0 Å². The van der Waals surface area contributed by atoms with Crippen LogP contribution < -0.4 is 10.5 Å². The molecule has 1 rings (SSSR count). The molecule has 0 bridgehead atoms. The summed E-state index contributed by atoms with van der Waals surface area (Å²) in [6, 6.07) is -0.302. The summed E-state index contributed by atoms with van der Waals surface area (Å²) in [6.45, 7) is 4.38. The van der Waals surface area contributed by atoms with Crippen LogP contribution in [0, 0.1) is 0 Å². The van der Waals surface area contributed by atoms with E-state index in [0.717, 1.165) is 6.42 Å². The van der Waals surface area contributed by atoms with E-state index in [1.54, 1.807) is 0 Å². The normalized spacial score (nSPS) is 13.6. The van der Waals surface area contributed by atoms with Crippen LogP contribution in [0.15, 0.2) is 11.1 Å². The van der Waals surface area contributed by atoms with Crippen molar-refractivity contribution in [2.45, 2.75) is 50.6 Å². The summed E-state index contributed by atoms with van der Waals surface area (Å²) in [5.41, 5.74) is 5.65. The molecule has 0 radical (unpaired) electrons. The Hall–Kier alpha value is -1.12. The Morgan fingerprint density at radius 1 is 1.53 bits per heavy atom. The summed E-state index contributed by atoms with van der Waals surface area (Å²) in [5.74, 6) is -0.000184. The van der Waals surface area contributed by atoms with Gasteiger partial charge in [-0.3, -0.25) is 4.68 Å². The maximum absolute atomic E-state index is 12.2. The highest BCUT2D eigenvalue weighted by atomic mass is 32.2. The van der Waals surface area contributed by atoms with E-state index in [1.807, 2.05) is 13.8 Å². The summed E-state index contributed by atoms with van der Waals surface area (Å²) in [6.07, 6.45) is 3.25. The van der Waals surface area contributed by atoms with Gasteiger partial charge in [0.05, 0.1) is 0 Å². The first kappa shape index (κ1) is 15.9. The zero-order valence-electron chi connectivity index (χ0n) is 11.3. The van der Waals surface area contributed by atoms with E-state index < -0.39 is 10.0 Å². The average molecular weight is 290 g/mol. The summed E-state index contributed by atoms with van der Waals surface area (Å²) >= 11 is 0. The third-order valence-electron chi connectivity index (χ3n) is 2.79. The van der Waals surface area contributed by atoms with E-state index in [-0.39, 0.29) is 23.4 Å². The number of rotatable bonds is 8. The molecule has 8 heteroatoms. The molecule has 1 aromatic heterocycles. The predicted octanol–water partition coefficient (Wildman–Crippen LogP) is 0.315. The molecule has 0 aromatic carbocycles. The number of nitrogen functional groups attached to an aromatic ring is 1. The number of aliphatic hydroxyl groups is 1. The van der Waals surface area contributed by atoms with Crippen molar-refractivity contribution in [1.82, 2.24) is 14.5 Å². The van der Waals surface area contributed by atoms with Crippen molar-refractivity contribution in [2.75, 3.05) is 12.3 Å². The average Bonchev–Trinajstić information content (AvgIpc) is 2.71. The van der Waals surface area contributed by atoms with Crippen molar-refractivity contribution < 1.29 is 13.5 Å². The van der Waals surface area contributed by atoms with E-state index >= 15 is 0 Å². The second-order valence-electron chi connectivity index (χ2n) is 4.38. The van der Waals surface area contributed by atoms with E-state index in [4.69, 9.17) is 10.8 Å². The number of aryl methyl sites for hydroxylation is 1. The van der Waals surface area contributed by atoms with E-state index in [1.165, 1.54) is 10.9 Å². The fraction of sp³-hybridized carbons (Fsp3) is 0.727. The van der Waals surface area contributed by atoms with Gasteiger partial charge in [0.1, 0.15) is 4.90 Å². The minimum absolute atomic E-state index is 0.000184. The molecule has 0 aliphatic heterocycles. The molecule has 0 aliphatic carbocycles. The Morgan fingerprint density at radius 3 is 2.74 bits per heavy atom. The lowest BCUT2D eigenvalue weighted by Gasteiger charge is -2.15. The zero-order chi connectivity index (χ0) is 14.5. The highest BCUT2D eigenvalue weighted by Crippen LogP contribution is 2.17. The highest BCUT2D eigenvalue weighted by molar-refractivity contribution is 7.89. The number of nitrogens with zero attached hydrogens (tertiary/aromatic N) is 2. The maximum Gasteiger partial charge on any atom is 0.246 e. The van der Waals surface area contributed by atoms with Gasteiger partial charge in [0.15, 0.2) is 5.82 Å². The Morgan fingerprint density at radius 2 is 2.21 bits per heavy atom. The second-order valence-corrected chi connectivity index (χ2v) is 6.06. The summed E-state index contributed by atoms with van der Waals surface area (Å²) < 4.78 is 28.4. The summed E-state index contributed by atoms with van der Waals surface area (Å²) in [7, 11) is -3.69. The van der Waals surface area contributed by atoms with Crippen molar-refractivity contribution in [1.29, 1.82) is 0 Å². The molecule has 0 saturated carbocycles.